The summed E-state index contributed by atoms with van der Waals surface area (Å²) in [7, 11) is 0. The summed E-state index contributed by atoms with van der Waals surface area (Å²) in [6.07, 6.45) is 2.81. The molecule has 7 heteroatoms. The molecule has 120 valence electrons. The smallest absolute Gasteiger partial charge is 0.314 e. The third-order valence-corrected chi connectivity index (χ3v) is 4.35. The average molecular weight is 300 g/mol. The van der Waals surface area contributed by atoms with Crippen molar-refractivity contribution in [1.29, 1.82) is 0 Å². The first-order valence-electron chi connectivity index (χ1n) is 7.53. The summed E-state index contributed by atoms with van der Waals surface area (Å²) in [6, 6.07) is -0.305. The molecule has 3 N–H and O–H groups in total. The largest absolute Gasteiger partial charge is 0.481 e. The average Bonchev–Trinajstić information content (AvgIpc) is 2.99. The molecule has 2 heterocycles. The van der Waals surface area contributed by atoms with E-state index in [1.165, 1.54) is 0 Å². The van der Waals surface area contributed by atoms with Gasteiger partial charge < -0.3 is 25.2 Å². The lowest BCUT2D eigenvalue weighted by Gasteiger charge is -2.33. The molecule has 2 aliphatic heterocycles. The zero-order valence-corrected chi connectivity index (χ0v) is 12.2. The van der Waals surface area contributed by atoms with Crippen LogP contribution >= 0.6 is 0 Å². The van der Waals surface area contributed by atoms with E-state index < -0.39 is 11.4 Å². The molecule has 0 aromatic rings. The second kappa shape index (κ2) is 7.61. The van der Waals surface area contributed by atoms with Crippen molar-refractivity contribution in [2.45, 2.75) is 25.7 Å². The van der Waals surface area contributed by atoms with Crippen LogP contribution in [-0.2, 0) is 14.3 Å². The molecular formula is C14H24N2O5. The van der Waals surface area contributed by atoms with E-state index in [1.54, 1.807) is 0 Å². The van der Waals surface area contributed by atoms with Crippen LogP contribution in [0.4, 0.5) is 4.79 Å². The molecule has 1 atom stereocenters. The number of hydrogen-bond donors (Lipinski definition) is 3. The highest BCUT2D eigenvalue weighted by atomic mass is 16.5. The summed E-state index contributed by atoms with van der Waals surface area (Å²) in [5.74, 6) is -0.347. The molecule has 0 radical (unpaired) electrons. The van der Waals surface area contributed by atoms with Crippen LogP contribution in [0.5, 0.6) is 0 Å². The lowest BCUT2D eigenvalue weighted by molar-refractivity contribution is -0.154. The summed E-state index contributed by atoms with van der Waals surface area (Å²) >= 11 is 0. The molecule has 2 fully saturated rings. The predicted octanol–water partition coefficient (Wildman–Crippen LogP) is 0.594. The molecule has 2 saturated heterocycles. The zero-order valence-electron chi connectivity index (χ0n) is 12.2. The van der Waals surface area contributed by atoms with Crippen LogP contribution in [0, 0.1) is 11.3 Å². The molecule has 0 aromatic heterocycles. The van der Waals surface area contributed by atoms with E-state index in [0.29, 0.717) is 38.5 Å². The van der Waals surface area contributed by atoms with Gasteiger partial charge in [0.15, 0.2) is 0 Å². The van der Waals surface area contributed by atoms with E-state index in [1.807, 2.05) is 0 Å². The summed E-state index contributed by atoms with van der Waals surface area (Å²) in [5, 5.41) is 14.8. The topological polar surface area (TPSA) is 96.9 Å². The number of carboxylic acid groups (broad SMARTS) is 1. The Morgan fingerprint density at radius 2 is 1.90 bits per heavy atom. The van der Waals surface area contributed by atoms with Gasteiger partial charge in [0.2, 0.25) is 0 Å². The zero-order chi connectivity index (χ0) is 15.1. The highest BCUT2D eigenvalue weighted by Crippen LogP contribution is 2.30. The quantitative estimate of drug-likeness (QED) is 0.667. The van der Waals surface area contributed by atoms with Crippen LogP contribution in [0.25, 0.3) is 0 Å². The van der Waals surface area contributed by atoms with E-state index in [9.17, 15) is 14.7 Å². The van der Waals surface area contributed by atoms with Gasteiger partial charge in [0.1, 0.15) is 0 Å². The Morgan fingerprint density at radius 1 is 1.14 bits per heavy atom. The second-order valence-electron chi connectivity index (χ2n) is 5.83. The third-order valence-electron chi connectivity index (χ3n) is 4.35. The minimum Gasteiger partial charge on any atom is -0.481 e. The van der Waals surface area contributed by atoms with Crippen molar-refractivity contribution in [3.63, 3.8) is 0 Å². The van der Waals surface area contributed by atoms with Crippen LogP contribution in [0.3, 0.4) is 0 Å². The van der Waals surface area contributed by atoms with Crippen molar-refractivity contribution in [3.05, 3.63) is 0 Å². The predicted molar refractivity (Wildman–Crippen MR) is 75.1 cm³/mol. The Kier molecular flexibility index (Phi) is 5.81. The number of aliphatic carboxylic acids is 1. The lowest BCUT2D eigenvalue weighted by Crippen LogP contribution is -2.49. The van der Waals surface area contributed by atoms with Crippen molar-refractivity contribution < 1.29 is 24.2 Å². The Hall–Kier alpha value is -1.34. The second-order valence-corrected chi connectivity index (χ2v) is 5.83. The fourth-order valence-corrected chi connectivity index (χ4v) is 2.74. The first-order chi connectivity index (χ1) is 10.1. The Bertz CT molecular complexity index is 362. The van der Waals surface area contributed by atoms with Crippen molar-refractivity contribution in [2.24, 2.45) is 11.3 Å². The van der Waals surface area contributed by atoms with Gasteiger partial charge in [0, 0.05) is 39.5 Å². The fourth-order valence-electron chi connectivity index (χ4n) is 2.74. The van der Waals surface area contributed by atoms with Gasteiger partial charge in [-0.2, -0.15) is 0 Å². The maximum absolute atomic E-state index is 11.7. The molecule has 2 amide bonds. The van der Waals surface area contributed by atoms with Crippen molar-refractivity contribution in [1.82, 2.24) is 10.6 Å². The van der Waals surface area contributed by atoms with Gasteiger partial charge in [-0.3, -0.25) is 4.79 Å². The monoisotopic (exact) mass is 300 g/mol. The summed E-state index contributed by atoms with van der Waals surface area (Å²) < 4.78 is 10.5. The van der Waals surface area contributed by atoms with Crippen molar-refractivity contribution >= 4 is 12.0 Å². The highest BCUT2D eigenvalue weighted by molar-refractivity contribution is 5.78. The summed E-state index contributed by atoms with van der Waals surface area (Å²) in [4.78, 5) is 23.2. The van der Waals surface area contributed by atoms with Crippen LogP contribution in [-0.4, -0.2) is 56.6 Å². The van der Waals surface area contributed by atoms with Gasteiger partial charge in [-0.05, 0) is 31.6 Å². The van der Waals surface area contributed by atoms with Crippen LogP contribution < -0.4 is 10.6 Å². The normalized spacial score (nSPS) is 24.5. The van der Waals surface area contributed by atoms with Crippen LogP contribution in [0.15, 0.2) is 0 Å². The van der Waals surface area contributed by atoms with E-state index in [2.05, 4.69) is 10.6 Å². The fraction of sp³-hybridized carbons (Fsp3) is 0.857. The molecule has 0 aromatic carbocycles. The third kappa shape index (κ3) is 4.57. The molecule has 0 bridgehead atoms. The minimum absolute atomic E-state index is 0.143. The standard InChI is InChI=1S/C14H24N2O5/c17-12(18)14(3-7-20-8-4-14)10-16-13(19)15-5-1-11-2-6-21-9-11/h11H,1-10H2,(H,17,18)(H2,15,16,19). The Balaban J connectivity index is 1.67. The van der Waals surface area contributed by atoms with Crippen molar-refractivity contribution in [3.8, 4) is 0 Å². The van der Waals surface area contributed by atoms with Crippen LogP contribution in [0.2, 0.25) is 0 Å². The SMILES string of the molecule is O=C(NCCC1CCOC1)NCC1(C(=O)O)CCOCC1. The summed E-state index contributed by atoms with van der Waals surface area (Å²) in [6.45, 7) is 3.16. The first-order valence-corrected chi connectivity index (χ1v) is 7.53. The molecule has 0 aliphatic carbocycles. The lowest BCUT2D eigenvalue weighted by atomic mass is 9.80. The van der Waals surface area contributed by atoms with Gasteiger partial charge in [0.05, 0.1) is 5.41 Å². The maximum Gasteiger partial charge on any atom is 0.314 e. The molecule has 0 saturated carbocycles. The first kappa shape index (κ1) is 16.0. The Labute approximate surface area is 124 Å². The number of hydrogen-bond acceptors (Lipinski definition) is 4. The molecule has 1 unspecified atom stereocenters. The van der Waals surface area contributed by atoms with E-state index in [0.717, 1.165) is 26.1 Å². The molecule has 2 aliphatic rings. The molecule has 2 rings (SSSR count). The van der Waals surface area contributed by atoms with Gasteiger partial charge in [-0.25, -0.2) is 4.79 Å². The van der Waals surface area contributed by atoms with Gasteiger partial charge >= 0.3 is 12.0 Å². The number of carbonyl (C=O) groups is 2. The van der Waals surface area contributed by atoms with Crippen LogP contribution in [0.1, 0.15) is 25.7 Å². The van der Waals surface area contributed by atoms with Gasteiger partial charge in [-0.1, -0.05) is 0 Å². The number of ether oxygens (including phenoxy) is 2. The molecule has 0 spiro atoms. The maximum atomic E-state index is 11.7. The molecule has 7 nitrogen and oxygen atoms in total. The molecule has 21 heavy (non-hydrogen) atoms. The van der Waals surface area contributed by atoms with Crippen molar-refractivity contribution in [2.75, 3.05) is 39.5 Å². The number of amides is 2. The van der Waals surface area contributed by atoms with E-state index >= 15 is 0 Å². The summed E-state index contributed by atoms with van der Waals surface area (Å²) in [5.41, 5.74) is -0.894. The van der Waals surface area contributed by atoms with Gasteiger partial charge in [-0.15, -0.1) is 0 Å². The number of nitrogens with one attached hydrogen (secondary N) is 2. The number of urea groups is 1. The Morgan fingerprint density at radius 3 is 2.52 bits per heavy atom. The number of carbonyl (C=O) groups excluding carboxylic acids is 1. The minimum atomic E-state index is -0.894. The molecular weight excluding hydrogens is 276 g/mol. The van der Waals surface area contributed by atoms with E-state index in [-0.39, 0.29) is 12.6 Å². The number of carboxylic acids is 1. The van der Waals surface area contributed by atoms with E-state index in [4.69, 9.17) is 9.47 Å². The number of rotatable bonds is 6. The highest BCUT2D eigenvalue weighted by Gasteiger charge is 2.40. The van der Waals surface area contributed by atoms with Gasteiger partial charge in [0.25, 0.3) is 0 Å².